The Morgan fingerprint density at radius 2 is 1.69 bits per heavy atom. The van der Waals surface area contributed by atoms with Gasteiger partial charge in [0.05, 0.1) is 6.10 Å². The van der Waals surface area contributed by atoms with Gasteiger partial charge in [0.2, 0.25) is 3.78 Å². The molecule has 2 atom stereocenters. The summed E-state index contributed by atoms with van der Waals surface area (Å²) < 4.78 is 34.4. The van der Waals surface area contributed by atoms with Crippen molar-refractivity contribution in [1.82, 2.24) is 0 Å². The van der Waals surface area contributed by atoms with Crippen LogP contribution in [0.5, 0.6) is 0 Å². The summed E-state index contributed by atoms with van der Waals surface area (Å²) in [6, 6.07) is 0. The predicted molar refractivity (Wildman–Crippen MR) is 62.9 cm³/mol. The summed E-state index contributed by atoms with van der Waals surface area (Å²) in [5.41, 5.74) is 0. The van der Waals surface area contributed by atoms with Gasteiger partial charge in [-0.05, 0) is 6.42 Å². The molecule has 0 rings (SSSR count). The average molecular weight is 326 g/mol. The zero-order valence-corrected chi connectivity index (χ0v) is 11.5. The molecule has 1 nitrogen and oxygen atoms in total. The van der Waals surface area contributed by atoms with Crippen LogP contribution in [-0.2, 0) is 0 Å². The summed E-state index contributed by atoms with van der Waals surface area (Å²) in [5.74, 6) is 0. The molecule has 0 aromatic rings. The SMILES string of the molecule is CCCCCCCC(O)C(Cl)(Br)C(F)(F)F. The minimum Gasteiger partial charge on any atom is -0.390 e. The summed E-state index contributed by atoms with van der Waals surface area (Å²) in [6.07, 6.45) is -1.73. The van der Waals surface area contributed by atoms with E-state index < -0.39 is 16.1 Å². The molecular weight excluding hydrogens is 308 g/mol. The highest BCUT2D eigenvalue weighted by atomic mass is 79.9. The minimum atomic E-state index is -4.66. The first-order valence-corrected chi connectivity index (χ1v) is 6.53. The van der Waals surface area contributed by atoms with Crippen molar-refractivity contribution in [3.05, 3.63) is 0 Å². The summed E-state index contributed by atoms with van der Waals surface area (Å²) in [6.45, 7) is 2.06. The van der Waals surface area contributed by atoms with Crippen LogP contribution in [0.2, 0.25) is 0 Å². The van der Waals surface area contributed by atoms with E-state index in [2.05, 4.69) is 22.9 Å². The molecule has 6 heteroatoms. The largest absolute Gasteiger partial charge is 0.420 e. The fraction of sp³-hybridized carbons (Fsp3) is 1.00. The molecule has 0 aliphatic carbocycles. The molecule has 98 valence electrons. The van der Waals surface area contributed by atoms with Crippen LogP contribution in [0.1, 0.15) is 45.4 Å². The maximum atomic E-state index is 12.4. The van der Waals surface area contributed by atoms with E-state index in [1.807, 2.05) is 0 Å². The lowest BCUT2D eigenvalue weighted by Crippen LogP contribution is -2.44. The van der Waals surface area contributed by atoms with Crippen molar-refractivity contribution in [3.63, 3.8) is 0 Å². The first-order chi connectivity index (χ1) is 7.23. The van der Waals surface area contributed by atoms with Crippen molar-refractivity contribution in [2.75, 3.05) is 0 Å². The number of aliphatic hydroxyl groups is 1. The first-order valence-electron chi connectivity index (χ1n) is 5.36. The van der Waals surface area contributed by atoms with Crippen molar-refractivity contribution in [2.24, 2.45) is 0 Å². The molecule has 0 spiro atoms. The van der Waals surface area contributed by atoms with Crippen LogP contribution in [0.15, 0.2) is 0 Å². The summed E-state index contributed by atoms with van der Waals surface area (Å²) in [5, 5.41) is 9.37. The van der Waals surface area contributed by atoms with Gasteiger partial charge in [0.25, 0.3) is 0 Å². The Morgan fingerprint density at radius 1 is 1.19 bits per heavy atom. The molecule has 0 aliphatic heterocycles. The van der Waals surface area contributed by atoms with Gasteiger partial charge in [-0.15, -0.1) is 0 Å². The third kappa shape index (κ3) is 5.23. The van der Waals surface area contributed by atoms with Gasteiger partial charge < -0.3 is 5.11 Å². The fourth-order valence-corrected chi connectivity index (χ4v) is 1.65. The van der Waals surface area contributed by atoms with Gasteiger partial charge in [0, 0.05) is 0 Å². The van der Waals surface area contributed by atoms with Gasteiger partial charge in [-0.25, -0.2) is 0 Å². The molecular formula is C10H17BrClF3O. The van der Waals surface area contributed by atoms with Crippen LogP contribution in [0.25, 0.3) is 0 Å². The Labute approximate surface area is 107 Å². The smallest absolute Gasteiger partial charge is 0.390 e. The maximum absolute atomic E-state index is 12.4. The fourth-order valence-electron chi connectivity index (χ4n) is 1.31. The molecule has 0 aromatic carbocycles. The number of hydrogen-bond acceptors (Lipinski definition) is 1. The predicted octanol–water partition coefficient (Wildman–Crippen LogP) is 4.60. The van der Waals surface area contributed by atoms with E-state index in [0.29, 0.717) is 6.42 Å². The topological polar surface area (TPSA) is 20.2 Å². The summed E-state index contributed by atoms with van der Waals surface area (Å²) >= 11 is 7.59. The van der Waals surface area contributed by atoms with Crippen molar-refractivity contribution in [3.8, 4) is 0 Å². The van der Waals surface area contributed by atoms with Gasteiger partial charge in [-0.2, -0.15) is 13.2 Å². The van der Waals surface area contributed by atoms with Crippen molar-refractivity contribution >= 4 is 27.5 Å². The Balaban J connectivity index is 3.92. The van der Waals surface area contributed by atoms with E-state index in [1.54, 1.807) is 0 Å². The first kappa shape index (κ1) is 16.5. The molecule has 0 heterocycles. The Hall–Kier alpha value is 0.520. The van der Waals surface area contributed by atoms with Crippen LogP contribution in [0, 0.1) is 0 Å². The Morgan fingerprint density at radius 3 is 2.12 bits per heavy atom. The highest BCUT2D eigenvalue weighted by molar-refractivity contribution is 9.10. The van der Waals surface area contributed by atoms with Gasteiger partial charge in [0.15, 0.2) is 0 Å². The van der Waals surface area contributed by atoms with Crippen molar-refractivity contribution in [1.29, 1.82) is 0 Å². The highest BCUT2D eigenvalue weighted by Gasteiger charge is 2.56. The standard InChI is InChI=1S/C10H17BrClF3O/c1-2-3-4-5-6-7-8(16)9(11,12)10(13,14)15/h8,16H,2-7H2,1H3. The third-order valence-corrected chi connectivity index (χ3v) is 3.82. The minimum absolute atomic E-state index is 0.0535. The maximum Gasteiger partial charge on any atom is 0.420 e. The number of aliphatic hydroxyl groups excluding tert-OH is 1. The Bertz CT molecular complexity index is 197. The van der Waals surface area contributed by atoms with Gasteiger partial charge in [-0.1, -0.05) is 66.6 Å². The molecule has 0 aliphatic rings. The Kier molecular flexibility index (Phi) is 7.30. The molecule has 2 unspecified atom stereocenters. The van der Waals surface area contributed by atoms with E-state index >= 15 is 0 Å². The number of halogens is 5. The second-order valence-corrected chi connectivity index (χ2v) is 6.14. The number of alkyl halides is 5. The van der Waals surface area contributed by atoms with Gasteiger partial charge in [-0.3, -0.25) is 0 Å². The van der Waals surface area contributed by atoms with Gasteiger partial charge in [0.1, 0.15) is 0 Å². The molecule has 0 aromatic heterocycles. The lowest BCUT2D eigenvalue weighted by Gasteiger charge is -2.28. The molecule has 0 bridgehead atoms. The van der Waals surface area contributed by atoms with E-state index in [0.717, 1.165) is 25.7 Å². The molecule has 0 saturated carbocycles. The second kappa shape index (κ2) is 7.07. The van der Waals surface area contributed by atoms with E-state index in [9.17, 15) is 18.3 Å². The zero-order valence-electron chi connectivity index (χ0n) is 9.16. The molecule has 0 amide bonds. The van der Waals surface area contributed by atoms with Gasteiger partial charge >= 0.3 is 6.18 Å². The number of hydrogen-bond donors (Lipinski definition) is 1. The quantitative estimate of drug-likeness (QED) is 0.536. The third-order valence-electron chi connectivity index (χ3n) is 2.38. The summed E-state index contributed by atoms with van der Waals surface area (Å²) in [7, 11) is 0. The lowest BCUT2D eigenvalue weighted by molar-refractivity contribution is -0.157. The normalized spacial score (nSPS) is 18.2. The van der Waals surface area contributed by atoms with Crippen LogP contribution >= 0.6 is 27.5 Å². The summed E-state index contributed by atoms with van der Waals surface area (Å²) in [4.78, 5) is 0. The number of rotatable bonds is 7. The number of unbranched alkanes of at least 4 members (excludes halogenated alkanes) is 4. The average Bonchev–Trinajstić information content (AvgIpc) is 2.15. The van der Waals surface area contributed by atoms with E-state index in [4.69, 9.17) is 11.6 Å². The highest BCUT2D eigenvalue weighted by Crippen LogP contribution is 2.45. The van der Waals surface area contributed by atoms with Crippen LogP contribution in [-0.4, -0.2) is 21.2 Å². The van der Waals surface area contributed by atoms with Crippen molar-refractivity contribution in [2.45, 2.75) is 61.5 Å². The van der Waals surface area contributed by atoms with E-state index in [-0.39, 0.29) is 6.42 Å². The molecule has 0 radical (unpaired) electrons. The van der Waals surface area contributed by atoms with Crippen LogP contribution < -0.4 is 0 Å². The van der Waals surface area contributed by atoms with E-state index in [1.165, 1.54) is 0 Å². The zero-order chi connectivity index (χ0) is 12.8. The second-order valence-electron chi connectivity index (χ2n) is 3.84. The molecule has 16 heavy (non-hydrogen) atoms. The monoisotopic (exact) mass is 324 g/mol. The molecule has 1 N–H and O–H groups in total. The van der Waals surface area contributed by atoms with Crippen LogP contribution in [0.4, 0.5) is 13.2 Å². The molecule has 0 saturated heterocycles. The van der Waals surface area contributed by atoms with Crippen LogP contribution in [0.3, 0.4) is 0 Å². The molecule has 0 fully saturated rings. The van der Waals surface area contributed by atoms with Crippen molar-refractivity contribution < 1.29 is 18.3 Å². The lowest BCUT2D eigenvalue weighted by atomic mass is 10.1.